The van der Waals surface area contributed by atoms with Crippen LogP contribution in [0, 0.1) is 0 Å². The van der Waals surface area contributed by atoms with E-state index in [1.807, 2.05) is 24.3 Å². The number of aliphatic carboxylic acids is 1. The molecule has 3 heteroatoms. The van der Waals surface area contributed by atoms with Crippen LogP contribution in [-0.2, 0) is 16.8 Å². The fraction of sp³-hybridized carbons (Fsp3) is 0.364. The lowest BCUT2D eigenvalue weighted by atomic mass is 9.77. The van der Waals surface area contributed by atoms with Crippen LogP contribution in [0.3, 0.4) is 0 Å². The predicted octanol–water partition coefficient (Wildman–Crippen LogP) is 1.26. The number of benzene rings is 1. The lowest BCUT2D eigenvalue weighted by Crippen LogP contribution is -2.47. The zero-order chi connectivity index (χ0) is 10.2. The highest BCUT2D eigenvalue weighted by atomic mass is 16.4. The summed E-state index contributed by atoms with van der Waals surface area (Å²) in [6, 6.07) is 7.54. The second kappa shape index (κ2) is 3.10. The van der Waals surface area contributed by atoms with Crippen molar-refractivity contribution in [2.24, 2.45) is 5.73 Å². The summed E-state index contributed by atoms with van der Waals surface area (Å²) < 4.78 is 0. The van der Waals surface area contributed by atoms with E-state index in [1.54, 1.807) is 0 Å². The molecule has 1 aliphatic rings. The highest BCUT2D eigenvalue weighted by Crippen LogP contribution is 2.33. The summed E-state index contributed by atoms with van der Waals surface area (Å²) in [5.74, 6) is -0.926. The average molecular weight is 191 g/mol. The number of fused-ring (bicyclic) bond motifs is 1. The molecule has 1 aromatic rings. The third-order valence-corrected chi connectivity index (χ3v) is 2.90. The molecule has 3 nitrogen and oxygen atoms in total. The van der Waals surface area contributed by atoms with E-state index in [1.165, 1.54) is 0 Å². The average Bonchev–Trinajstić information content (AvgIpc) is 2.18. The van der Waals surface area contributed by atoms with Crippen molar-refractivity contribution in [3.05, 3.63) is 35.4 Å². The standard InChI is InChI=1S/C11H13NO2/c12-11(10(13)14)7-3-5-8-4-1-2-6-9(8)11/h1-2,4,6H,3,5,7,12H2,(H,13,14). The molecule has 0 saturated heterocycles. The molecule has 0 bridgehead atoms. The molecule has 0 radical (unpaired) electrons. The van der Waals surface area contributed by atoms with Crippen LogP contribution in [0.15, 0.2) is 24.3 Å². The van der Waals surface area contributed by atoms with E-state index in [0.717, 1.165) is 24.0 Å². The minimum Gasteiger partial charge on any atom is -0.480 e. The van der Waals surface area contributed by atoms with E-state index in [-0.39, 0.29) is 0 Å². The van der Waals surface area contributed by atoms with Crippen LogP contribution in [-0.4, -0.2) is 11.1 Å². The van der Waals surface area contributed by atoms with Crippen molar-refractivity contribution in [1.29, 1.82) is 0 Å². The molecule has 74 valence electrons. The van der Waals surface area contributed by atoms with E-state index in [9.17, 15) is 4.79 Å². The Kier molecular flexibility index (Phi) is 2.04. The number of carboxylic acids is 1. The highest BCUT2D eigenvalue weighted by Gasteiger charge is 2.39. The van der Waals surface area contributed by atoms with Gasteiger partial charge in [0.05, 0.1) is 0 Å². The minimum absolute atomic E-state index is 0.527. The smallest absolute Gasteiger partial charge is 0.328 e. The largest absolute Gasteiger partial charge is 0.480 e. The predicted molar refractivity (Wildman–Crippen MR) is 52.9 cm³/mol. The first-order valence-electron chi connectivity index (χ1n) is 4.75. The number of aryl methyl sites for hydroxylation is 1. The molecule has 0 amide bonds. The van der Waals surface area contributed by atoms with Crippen LogP contribution < -0.4 is 5.73 Å². The fourth-order valence-corrected chi connectivity index (χ4v) is 2.09. The number of rotatable bonds is 1. The van der Waals surface area contributed by atoms with Gasteiger partial charge in [-0.05, 0) is 30.4 Å². The molecule has 0 aromatic heterocycles. The maximum absolute atomic E-state index is 11.1. The third kappa shape index (κ3) is 1.21. The summed E-state index contributed by atoms with van der Waals surface area (Å²) >= 11 is 0. The van der Waals surface area contributed by atoms with Gasteiger partial charge in [0, 0.05) is 0 Å². The minimum atomic E-state index is -1.17. The molecular weight excluding hydrogens is 178 g/mol. The van der Waals surface area contributed by atoms with Crippen molar-refractivity contribution >= 4 is 5.97 Å². The van der Waals surface area contributed by atoms with Crippen molar-refractivity contribution in [2.75, 3.05) is 0 Å². The zero-order valence-corrected chi connectivity index (χ0v) is 7.86. The van der Waals surface area contributed by atoms with Crippen molar-refractivity contribution in [3.63, 3.8) is 0 Å². The Hall–Kier alpha value is -1.35. The number of nitrogens with two attached hydrogens (primary N) is 1. The van der Waals surface area contributed by atoms with E-state index in [0.29, 0.717) is 6.42 Å². The van der Waals surface area contributed by atoms with Crippen molar-refractivity contribution in [1.82, 2.24) is 0 Å². The monoisotopic (exact) mass is 191 g/mol. The summed E-state index contributed by atoms with van der Waals surface area (Å²) in [6.07, 6.45) is 2.31. The number of hydrogen-bond acceptors (Lipinski definition) is 2. The fourth-order valence-electron chi connectivity index (χ4n) is 2.09. The first-order valence-corrected chi connectivity index (χ1v) is 4.75. The highest BCUT2D eigenvalue weighted by molar-refractivity contribution is 5.81. The SMILES string of the molecule is NC1(C(=O)O)CCCc2ccccc21. The maximum atomic E-state index is 11.1. The summed E-state index contributed by atoms with van der Waals surface area (Å²) in [5, 5.41) is 9.12. The lowest BCUT2D eigenvalue weighted by molar-refractivity contribution is -0.144. The van der Waals surface area contributed by atoms with Gasteiger partial charge in [-0.2, -0.15) is 0 Å². The van der Waals surface area contributed by atoms with Crippen LogP contribution >= 0.6 is 0 Å². The van der Waals surface area contributed by atoms with E-state index in [2.05, 4.69) is 0 Å². The maximum Gasteiger partial charge on any atom is 0.328 e. The first kappa shape index (κ1) is 9.21. The summed E-state index contributed by atoms with van der Waals surface area (Å²) in [5.41, 5.74) is 6.59. The van der Waals surface area contributed by atoms with Crippen molar-refractivity contribution in [3.8, 4) is 0 Å². The Morgan fingerprint density at radius 3 is 2.86 bits per heavy atom. The quantitative estimate of drug-likeness (QED) is 0.702. The topological polar surface area (TPSA) is 63.3 Å². The van der Waals surface area contributed by atoms with Gasteiger partial charge in [-0.3, -0.25) is 0 Å². The molecule has 3 N–H and O–H groups in total. The van der Waals surface area contributed by atoms with Crippen molar-refractivity contribution < 1.29 is 9.90 Å². The van der Waals surface area contributed by atoms with Crippen molar-refractivity contribution in [2.45, 2.75) is 24.8 Å². The van der Waals surface area contributed by atoms with E-state index < -0.39 is 11.5 Å². The molecule has 0 fully saturated rings. The van der Waals surface area contributed by atoms with Gasteiger partial charge >= 0.3 is 5.97 Å². The Labute approximate surface area is 82.5 Å². The van der Waals surface area contributed by atoms with Crippen LogP contribution in [0.5, 0.6) is 0 Å². The van der Waals surface area contributed by atoms with Gasteiger partial charge in [-0.15, -0.1) is 0 Å². The number of carboxylic acid groups (broad SMARTS) is 1. The summed E-state index contributed by atoms with van der Waals surface area (Å²) in [6.45, 7) is 0. The van der Waals surface area contributed by atoms with Gasteiger partial charge < -0.3 is 10.8 Å². The molecular formula is C11H13NO2. The molecule has 1 aromatic carbocycles. The van der Waals surface area contributed by atoms with Gasteiger partial charge in [0.1, 0.15) is 5.54 Å². The molecule has 0 heterocycles. The molecule has 1 unspecified atom stereocenters. The molecule has 2 rings (SSSR count). The Bertz CT molecular complexity index is 375. The second-order valence-corrected chi connectivity index (χ2v) is 3.79. The normalized spacial score (nSPS) is 25.5. The summed E-state index contributed by atoms with van der Waals surface area (Å²) in [7, 11) is 0. The molecule has 0 spiro atoms. The second-order valence-electron chi connectivity index (χ2n) is 3.79. The third-order valence-electron chi connectivity index (χ3n) is 2.90. The first-order chi connectivity index (χ1) is 6.64. The summed E-state index contributed by atoms with van der Waals surface area (Å²) in [4.78, 5) is 11.1. The van der Waals surface area contributed by atoms with E-state index in [4.69, 9.17) is 10.8 Å². The molecule has 0 aliphatic heterocycles. The number of carbonyl (C=O) groups is 1. The van der Waals surface area contributed by atoms with Gasteiger partial charge in [0.2, 0.25) is 0 Å². The lowest BCUT2D eigenvalue weighted by Gasteiger charge is -2.31. The van der Waals surface area contributed by atoms with Gasteiger partial charge in [-0.1, -0.05) is 24.3 Å². The molecule has 14 heavy (non-hydrogen) atoms. The molecule has 1 atom stereocenters. The van der Waals surface area contributed by atoms with Gasteiger partial charge in [0.25, 0.3) is 0 Å². The Balaban J connectivity index is 2.55. The molecule has 1 aliphatic carbocycles. The van der Waals surface area contributed by atoms with Crippen LogP contribution in [0.1, 0.15) is 24.0 Å². The Morgan fingerprint density at radius 1 is 1.43 bits per heavy atom. The number of hydrogen-bond donors (Lipinski definition) is 2. The van der Waals surface area contributed by atoms with Crippen LogP contribution in [0.25, 0.3) is 0 Å². The molecule has 0 saturated carbocycles. The van der Waals surface area contributed by atoms with E-state index >= 15 is 0 Å². The zero-order valence-electron chi connectivity index (χ0n) is 7.86. The Morgan fingerprint density at radius 2 is 2.14 bits per heavy atom. The van der Waals surface area contributed by atoms with Gasteiger partial charge in [-0.25, -0.2) is 4.79 Å². The van der Waals surface area contributed by atoms with Gasteiger partial charge in [0.15, 0.2) is 0 Å². The van der Waals surface area contributed by atoms with Crippen LogP contribution in [0.4, 0.5) is 0 Å². The van der Waals surface area contributed by atoms with Crippen LogP contribution in [0.2, 0.25) is 0 Å².